The zero-order valence-electron chi connectivity index (χ0n) is 14.2. The summed E-state index contributed by atoms with van der Waals surface area (Å²) in [5.74, 6) is 1.98. The van der Waals surface area contributed by atoms with Crippen molar-refractivity contribution >= 4 is 29.3 Å². The predicted molar refractivity (Wildman–Crippen MR) is 101 cm³/mol. The molecule has 0 unspecified atom stereocenters. The van der Waals surface area contributed by atoms with Crippen molar-refractivity contribution in [1.82, 2.24) is 9.88 Å². The summed E-state index contributed by atoms with van der Waals surface area (Å²) in [7, 11) is 0. The minimum atomic E-state index is 0.0816. The second-order valence-corrected chi connectivity index (χ2v) is 7.60. The van der Waals surface area contributed by atoms with Crippen molar-refractivity contribution in [3.05, 3.63) is 47.1 Å². The number of thioether (sulfide) groups is 1. The van der Waals surface area contributed by atoms with Gasteiger partial charge in [0.2, 0.25) is 5.91 Å². The number of benzene rings is 1. The molecule has 2 aliphatic heterocycles. The minimum Gasteiger partial charge on any atom is -0.486 e. The fourth-order valence-corrected chi connectivity index (χ4v) is 4.42. The van der Waals surface area contributed by atoms with Gasteiger partial charge in [-0.3, -0.25) is 4.79 Å². The Morgan fingerprint density at radius 1 is 1.27 bits per heavy atom. The number of fused-ring (bicyclic) bond motifs is 1. The summed E-state index contributed by atoms with van der Waals surface area (Å²) in [6.45, 7) is 1.91. The van der Waals surface area contributed by atoms with Crippen LogP contribution in [0.15, 0.2) is 41.6 Å². The fraction of sp³-hybridized carbons (Fsp3) is 0.368. The molecule has 1 saturated heterocycles. The van der Waals surface area contributed by atoms with Crippen LogP contribution in [0.5, 0.6) is 11.5 Å². The molecule has 0 N–H and O–H groups in total. The van der Waals surface area contributed by atoms with Gasteiger partial charge in [-0.05, 0) is 42.7 Å². The van der Waals surface area contributed by atoms with Gasteiger partial charge in [-0.1, -0.05) is 29.4 Å². The molecule has 1 fully saturated rings. The maximum absolute atomic E-state index is 12.8. The Labute approximate surface area is 161 Å². The third-order valence-corrected chi connectivity index (χ3v) is 5.99. The Kier molecular flexibility index (Phi) is 5.22. The highest BCUT2D eigenvalue weighted by Crippen LogP contribution is 2.38. The number of rotatable bonds is 4. The third-order valence-electron chi connectivity index (χ3n) is 4.58. The Hall–Kier alpha value is -1.92. The van der Waals surface area contributed by atoms with E-state index in [1.807, 2.05) is 23.1 Å². The van der Waals surface area contributed by atoms with Crippen molar-refractivity contribution in [3.63, 3.8) is 0 Å². The summed E-state index contributed by atoms with van der Waals surface area (Å²) >= 11 is 7.51. The van der Waals surface area contributed by atoms with Crippen molar-refractivity contribution < 1.29 is 14.3 Å². The number of carbonyl (C=O) groups excluding carboxylic acids is 1. The standard InChI is InChI=1S/C19H19ClN2O3S/c20-14-3-1-7-21-19(14)26-12-18(23)22-8-2-4-15(22)13-5-6-16-17(11-13)25-10-9-24-16/h1,3,5-7,11,15H,2,4,8-10,12H2/t15-/m1/s1. The third kappa shape index (κ3) is 3.62. The van der Waals surface area contributed by atoms with Crippen molar-refractivity contribution in [2.24, 2.45) is 0 Å². The molecule has 0 radical (unpaired) electrons. The number of halogens is 1. The molecule has 5 nitrogen and oxygen atoms in total. The molecule has 1 amide bonds. The van der Waals surface area contributed by atoms with E-state index < -0.39 is 0 Å². The molecule has 7 heteroatoms. The first-order valence-electron chi connectivity index (χ1n) is 8.65. The average molecular weight is 391 g/mol. The Balaban J connectivity index is 1.46. The Morgan fingerprint density at radius 2 is 2.12 bits per heavy atom. The van der Waals surface area contributed by atoms with E-state index in [4.69, 9.17) is 21.1 Å². The van der Waals surface area contributed by atoms with Crippen LogP contribution in [0.1, 0.15) is 24.4 Å². The second kappa shape index (κ2) is 7.76. The first-order valence-corrected chi connectivity index (χ1v) is 10.0. The second-order valence-electron chi connectivity index (χ2n) is 6.23. The Bertz CT molecular complexity index is 817. The fourth-order valence-electron chi connectivity index (χ4n) is 3.37. The molecule has 1 aromatic carbocycles. The molecule has 0 bridgehead atoms. The van der Waals surface area contributed by atoms with Crippen LogP contribution in [0.25, 0.3) is 0 Å². The number of aromatic nitrogens is 1. The molecule has 0 saturated carbocycles. The summed E-state index contributed by atoms with van der Waals surface area (Å²) in [6, 6.07) is 9.63. The van der Waals surface area contributed by atoms with E-state index in [0.717, 1.165) is 36.4 Å². The number of ether oxygens (including phenoxy) is 2. The molecular formula is C19H19ClN2O3S. The lowest BCUT2D eigenvalue weighted by molar-refractivity contribution is -0.129. The number of pyridine rings is 1. The van der Waals surface area contributed by atoms with Gasteiger partial charge in [0, 0.05) is 12.7 Å². The maximum Gasteiger partial charge on any atom is 0.233 e. The molecule has 0 aliphatic carbocycles. The van der Waals surface area contributed by atoms with Crippen LogP contribution in [-0.2, 0) is 4.79 Å². The van der Waals surface area contributed by atoms with Gasteiger partial charge in [-0.15, -0.1) is 0 Å². The number of nitrogens with zero attached hydrogens (tertiary/aromatic N) is 2. The van der Waals surface area contributed by atoms with Crippen molar-refractivity contribution in [2.45, 2.75) is 23.9 Å². The van der Waals surface area contributed by atoms with E-state index in [9.17, 15) is 4.79 Å². The van der Waals surface area contributed by atoms with Crippen LogP contribution < -0.4 is 9.47 Å². The van der Waals surface area contributed by atoms with Gasteiger partial charge in [-0.2, -0.15) is 0 Å². The van der Waals surface area contributed by atoms with Crippen molar-refractivity contribution in [2.75, 3.05) is 25.5 Å². The maximum atomic E-state index is 12.8. The van der Waals surface area contributed by atoms with Gasteiger partial charge in [0.05, 0.1) is 16.8 Å². The summed E-state index contributed by atoms with van der Waals surface area (Å²) in [5, 5.41) is 1.27. The van der Waals surface area contributed by atoms with E-state index in [0.29, 0.717) is 29.0 Å². The molecule has 26 heavy (non-hydrogen) atoms. The largest absolute Gasteiger partial charge is 0.486 e. The monoisotopic (exact) mass is 390 g/mol. The first-order chi connectivity index (χ1) is 12.7. The van der Waals surface area contributed by atoms with Gasteiger partial charge >= 0.3 is 0 Å². The predicted octanol–water partition coefficient (Wildman–Crippen LogP) is 3.96. The summed E-state index contributed by atoms with van der Waals surface area (Å²) in [5.41, 5.74) is 1.10. The lowest BCUT2D eigenvalue weighted by atomic mass is 10.0. The zero-order valence-corrected chi connectivity index (χ0v) is 15.8. The summed E-state index contributed by atoms with van der Waals surface area (Å²) < 4.78 is 11.3. The molecule has 2 aromatic rings. The highest BCUT2D eigenvalue weighted by Gasteiger charge is 2.30. The highest BCUT2D eigenvalue weighted by molar-refractivity contribution is 8.00. The highest BCUT2D eigenvalue weighted by atomic mass is 35.5. The minimum absolute atomic E-state index is 0.0816. The molecule has 1 aromatic heterocycles. The van der Waals surface area contributed by atoms with Gasteiger partial charge in [0.1, 0.15) is 18.2 Å². The summed E-state index contributed by atoms with van der Waals surface area (Å²) in [4.78, 5) is 19.0. The van der Waals surface area contributed by atoms with Gasteiger partial charge in [-0.25, -0.2) is 4.98 Å². The van der Waals surface area contributed by atoms with Gasteiger partial charge in [0.25, 0.3) is 0 Å². The van der Waals surface area contributed by atoms with Crippen LogP contribution in [-0.4, -0.2) is 41.3 Å². The normalized spacial score (nSPS) is 18.8. The molecule has 0 spiro atoms. The first kappa shape index (κ1) is 17.5. The van der Waals surface area contributed by atoms with E-state index in [1.165, 1.54) is 11.8 Å². The quantitative estimate of drug-likeness (QED) is 0.739. The van der Waals surface area contributed by atoms with Crippen LogP contribution >= 0.6 is 23.4 Å². The summed E-state index contributed by atoms with van der Waals surface area (Å²) in [6.07, 6.45) is 3.65. The Morgan fingerprint density at radius 3 is 2.96 bits per heavy atom. The lowest BCUT2D eigenvalue weighted by Crippen LogP contribution is -2.32. The molecular weight excluding hydrogens is 372 g/mol. The van der Waals surface area contributed by atoms with Crippen LogP contribution in [0.3, 0.4) is 0 Å². The van der Waals surface area contributed by atoms with Gasteiger partial charge < -0.3 is 14.4 Å². The van der Waals surface area contributed by atoms with Crippen LogP contribution in [0.4, 0.5) is 0 Å². The number of likely N-dealkylation sites (tertiary alicyclic amines) is 1. The van der Waals surface area contributed by atoms with Crippen molar-refractivity contribution in [3.8, 4) is 11.5 Å². The van der Waals surface area contributed by atoms with Crippen LogP contribution in [0, 0.1) is 0 Å². The number of carbonyl (C=O) groups is 1. The lowest BCUT2D eigenvalue weighted by Gasteiger charge is -2.26. The molecule has 2 aliphatic rings. The van der Waals surface area contributed by atoms with E-state index in [1.54, 1.807) is 18.3 Å². The van der Waals surface area contributed by atoms with Crippen molar-refractivity contribution in [1.29, 1.82) is 0 Å². The molecule has 136 valence electrons. The molecule has 4 rings (SSSR count). The zero-order chi connectivity index (χ0) is 17.9. The topological polar surface area (TPSA) is 51.7 Å². The number of hydrogen-bond donors (Lipinski definition) is 0. The smallest absolute Gasteiger partial charge is 0.233 e. The number of amides is 1. The average Bonchev–Trinajstić information content (AvgIpc) is 3.17. The van der Waals surface area contributed by atoms with E-state index in [-0.39, 0.29) is 11.9 Å². The van der Waals surface area contributed by atoms with E-state index in [2.05, 4.69) is 4.98 Å². The van der Waals surface area contributed by atoms with Gasteiger partial charge in [0.15, 0.2) is 11.5 Å². The number of hydrogen-bond acceptors (Lipinski definition) is 5. The van der Waals surface area contributed by atoms with E-state index >= 15 is 0 Å². The molecule has 3 heterocycles. The van der Waals surface area contributed by atoms with Crippen LogP contribution in [0.2, 0.25) is 5.02 Å². The SMILES string of the molecule is O=C(CSc1ncccc1Cl)N1CCC[C@@H]1c1ccc2c(c1)OCCO2. The molecule has 1 atom stereocenters.